The Kier molecular flexibility index (Phi) is 13.0. The molecule has 0 N–H and O–H groups in total. The van der Waals surface area contributed by atoms with Gasteiger partial charge < -0.3 is 31.4 Å². The van der Waals surface area contributed by atoms with Gasteiger partial charge in [0.05, 0.1) is 38.4 Å². The van der Waals surface area contributed by atoms with Crippen molar-refractivity contribution in [2.75, 3.05) is 31.1 Å². The Morgan fingerprint density at radius 1 is 0.508 bits per heavy atom. The molecule has 0 heterocycles. The molecule has 65 heavy (non-hydrogen) atoms. The number of methoxy groups -OCH3 is 3. The van der Waals surface area contributed by atoms with Crippen molar-refractivity contribution in [1.29, 1.82) is 0 Å². The Morgan fingerprint density at radius 2 is 1.00 bits per heavy atom. The number of nitrogens with zero attached hydrogens (tertiary/aromatic N) is 2. The van der Waals surface area contributed by atoms with Gasteiger partial charge in [-0.25, -0.2) is 0 Å². The fraction of sp³-hybridized carbons (Fsp3) is 0.102. The Hall–Kier alpha value is -6.71. The third-order valence-corrected chi connectivity index (χ3v) is 12.4. The second kappa shape index (κ2) is 18.8. The van der Waals surface area contributed by atoms with Crippen molar-refractivity contribution in [3.63, 3.8) is 0 Å². The quantitative estimate of drug-likeness (QED) is 0.128. The molecule has 1 aliphatic rings. The Bertz CT molecular complexity index is 3210. The molecule has 318 valence electrons. The maximum absolute atomic E-state index is 6.22. The third kappa shape index (κ3) is 7.86. The van der Waals surface area contributed by atoms with E-state index in [0.717, 1.165) is 124 Å². The zero-order valence-corrected chi connectivity index (χ0v) is 41.9. The predicted molar refractivity (Wildman–Crippen MR) is 269 cm³/mol. The van der Waals surface area contributed by atoms with E-state index in [4.69, 9.17) is 14.2 Å². The minimum absolute atomic E-state index is 0. The number of anilines is 5. The van der Waals surface area contributed by atoms with Crippen LogP contribution < -0.4 is 19.3 Å². The van der Waals surface area contributed by atoms with Crippen molar-refractivity contribution in [1.82, 2.24) is 0 Å². The van der Waals surface area contributed by atoms with Gasteiger partial charge >= 0.3 is 31.1 Å². The van der Waals surface area contributed by atoms with E-state index in [0.29, 0.717) is 0 Å². The van der Waals surface area contributed by atoms with Crippen molar-refractivity contribution in [3.05, 3.63) is 224 Å². The van der Waals surface area contributed by atoms with Crippen LogP contribution in [0.3, 0.4) is 0 Å². The fourth-order valence-electron chi connectivity index (χ4n) is 9.48. The normalized spacial score (nSPS) is 12.0. The molecule has 1 aliphatic carbocycles. The molecule has 0 aliphatic heterocycles. The average molecular weight is 1070 g/mol. The van der Waals surface area contributed by atoms with Crippen molar-refractivity contribution >= 4 is 66.5 Å². The molecule has 0 radical (unpaired) electrons. The van der Waals surface area contributed by atoms with E-state index in [1.807, 2.05) is 6.07 Å². The number of aryl methyl sites for hydroxylation is 2. The number of ether oxygens (including phenoxy) is 3. The van der Waals surface area contributed by atoms with Gasteiger partial charge in [-0.1, -0.05) is 128 Å². The fourth-order valence-corrected chi connectivity index (χ4v) is 9.48. The molecular weight excluding hydrogens is 1020 g/mol. The number of allylic oxidation sites excluding steroid dienone is 1. The summed E-state index contributed by atoms with van der Waals surface area (Å²) in [7, 11) is 5.22. The van der Waals surface area contributed by atoms with Crippen LogP contribution in [-0.4, -0.2) is 21.3 Å². The Morgan fingerprint density at radius 3 is 1.54 bits per heavy atom. The first kappa shape index (κ1) is 44.9. The molecule has 0 fully saturated rings. The summed E-state index contributed by atoms with van der Waals surface area (Å²) >= 11 is 0. The van der Waals surface area contributed by atoms with Gasteiger partial charge in [-0.15, -0.1) is 16.8 Å². The van der Waals surface area contributed by atoms with Crippen LogP contribution in [0.5, 0.6) is 11.5 Å². The second-order valence-corrected chi connectivity index (χ2v) is 16.1. The summed E-state index contributed by atoms with van der Waals surface area (Å²) in [4.78, 5) is 4.62. The number of rotatable bonds is 10. The van der Waals surface area contributed by atoms with E-state index in [9.17, 15) is 0 Å². The molecular formula is C59H50N2O3U. The summed E-state index contributed by atoms with van der Waals surface area (Å²) in [5, 5.41) is 6.61. The zero-order chi connectivity index (χ0) is 43.2. The molecule has 5 nitrogen and oxygen atoms in total. The summed E-state index contributed by atoms with van der Waals surface area (Å²) in [6.07, 6.45) is 0.723. The van der Waals surface area contributed by atoms with Crippen LogP contribution in [0, 0.1) is 58.5 Å². The van der Waals surface area contributed by atoms with Crippen LogP contribution in [-0.2, 0) is 11.2 Å². The van der Waals surface area contributed by atoms with E-state index in [1.165, 1.54) is 5.56 Å². The van der Waals surface area contributed by atoms with Crippen LogP contribution in [0.25, 0.3) is 49.1 Å². The average Bonchev–Trinajstić information content (AvgIpc) is 3.32. The summed E-state index contributed by atoms with van der Waals surface area (Å²) < 4.78 is 18.6. The summed E-state index contributed by atoms with van der Waals surface area (Å²) in [6, 6.07) is 63.6. The van der Waals surface area contributed by atoms with E-state index < -0.39 is 0 Å². The first-order chi connectivity index (χ1) is 30.9. The van der Waals surface area contributed by atoms with E-state index in [-0.39, 0.29) is 38.5 Å². The second-order valence-electron chi connectivity index (χ2n) is 16.1. The monoisotopic (exact) mass is 1070 g/mol. The standard InChI is InChI=1S/C58H47N2O3.CH3.U/c1-37-35-44(59(52-25-15-20-40-16-7-11-21-48(40)52)57-51-24-14-10-19-43(51)34-39(3)58(57)63-6)28-30-46(37)47-31-29-45(36-38(47)2)60(55-49-22-12-8-17-41(49)26-32-53(55)61-4)56-50-23-13-9-18-42(50)27-33-54(56)62-5;;/h7-24,26-33,35-36H,3,34H2,1-2,4-6H3;1H3;/q2*-1;+2. The predicted octanol–water partition coefficient (Wildman–Crippen LogP) is 15.4. The number of benzene rings is 9. The molecule has 0 amide bonds. The van der Waals surface area contributed by atoms with Gasteiger partial charge in [0, 0.05) is 34.1 Å². The smallest absolute Gasteiger partial charge is 0.495 e. The maximum Gasteiger partial charge on any atom is 2.00 e. The Labute approximate surface area is 406 Å². The van der Waals surface area contributed by atoms with Crippen LogP contribution in [0.1, 0.15) is 22.3 Å². The SMILES string of the molecule is C=C1Cc2ccccc2C(N(c2ccc(-c3ccc(N(c4c(OC)ccc5ccccc45)c4c(OC)ccc5ccccc45)cc3C)c(C)c2)c2[c-]ccc3ccccc23)=C1OC.[CH3-].[U+2]. The zero-order valence-electron chi connectivity index (χ0n) is 37.7. The van der Waals surface area contributed by atoms with Crippen LogP contribution in [0.15, 0.2) is 188 Å². The van der Waals surface area contributed by atoms with Gasteiger partial charge in [0.1, 0.15) is 17.3 Å². The molecule has 0 saturated heterocycles. The van der Waals surface area contributed by atoms with Gasteiger partial charge in [0.15, 0.2) is 0 Å². The van der Waals surface area contributed by atoms with E-state index in [2.05, 4.69) is 200 Å². The molecule has 0 bridgehead atoms. The topological polar surface area (TPSA) is 34.2 Å². The number of hydrogen-bond acceptors (Lipinski definition) is 5. The summed E-state index contributed by atoms with van der Waals surface area (Å²) in [6.45, 7) is 8.89. The van der Waals surface area contributed by atoms with Crippen LogP contribution >= 0.6 is 0 Å². The van der Waals surface area contributed by atoms with Gasteiger partial charge in [-0.2, -0.15) is 18.2 Å². The van der Waals surface area contributed by atoms with Crippen molar-refractivity contribution in [2.45, 2.75) is 20.3 Å². The number of hydrogen-bond donors (Lipinski definition) is 0. The van der Waals surface area contributed by atoms with Crippen molar-refractivity contribution in [3.8, 4) is 22.6 Å². The molecule has 0 spiro atoms. The molecule has 9 aromatic rings. The van der Waals surface area contributed by atoms with Gasteiger partial charge in [-0.05, 0) is 94.4 Å². The van der Waals surface area contributed by atoms with Crippen molar-refractivity contribution in [2.24, 2.45) is 0 Å². The molecule has 0 unspecified atom stereocenters. The van der Waals surface area contributed by atoms with Gasteiger partial charge in [-0.3, -0.25) is 0 Å². The Balaban J connectivity index is 0.00000288. The van der Waals surface area contributed by atoms with Crippen LogP contribution in [0.4, 0.5) is 28.4 Å². The first-order valence-corrected chi connectivity index (χ1v) is 21.3. The molecule has 6 heteroatoms. The molecule has 0 atom stereocenters. The molecule has 9 aromatic carbocycles. The maximum atomic E-state index is 6.22. The first-order valence-electron chi connectivity index (χ1n) is 21.3. The molecule has 0 aromatic heterocycles. The third-order valence-electron chi connectivity index (χ3n) is 12.4. The van der Waals surface area contributed by atoms with E-state index >= 15 is 0 Å². The van der Waals surface area contributed by atoms with Gasteiger partial charge in [0.25, 0.3) is 0 Å². The number of fused-ring (bicyclic) bond motifs is 4. The minimum Gasteiger partial charge on any atom is -0.495 e. The summed E-state index contributed by atoms with van der Waals surface area (Å²) in [5.74, 6) is 2.31. The largest absolute Gasteiger partial charge is 2.00 e. The molecule has 0 saturated carbocycles. The van der Waals surface area contributed by atoms with Crippen molar-refractivity contribution < 1.29 is 45.3 Å². The summed E-state index contributed by atoms with van der Waals surface area (Å²) in [5.41, 5.74) is 13.6. The minimum atomic E-state index is 0. The molecule has 10 rings (SSSR count). The van der Waals surface area contributed by atoms with Gasteiger partial charge in [0.2, 0.25) is 0 Å². The van der Waals surface area contributed by atoms with Crippen LogP contribution in [0.2, 0.25) is 0 Å². The van der Waals surface area contributed by atoms with E-state index in [1.54, 1.807) is 21.3 Å².